The summed E-state index contributed by atoms with van der Waals surface area (Å²) in [6, 6.07) is 12.5. The lowest BCUT2D eigenvalue weighted by molar-refractivity contribution is -0.116. The van der Waals surface area contributed by atoms with Crippen LogP contribution in [0.2, 0.25) is 0 Å². The molecule has 3 rings (SSSR count). The molecule has 0 aromatic heterocycles. The number of nitrogens with zero attached hydrogens (tertiary/aromatic N) is 1. The maximum Gasteiger partial charge on any atom is 0.232 e. The number of amides is 1. The molecule has 28 heavy (non-hydrogen) atoms. The maximum absolute atomic E-state index is 12.2. The molecule has 1 aliphatic rings. The van der Waals surface area contributed by atoms with Crippen LogP contribution in [-0.2, 0) is 14.8 Å². The Labute approximate surface area is 165 Å². The van der Waals surface area contributed by atoms with Gasteiger partial charge in [0.2, 0.25) is 15.9 Å². The minimum atomic E-state index is -3.43. The number of sulfonamides is 1. The first-order valence-corrected chi connectivity index (χ1v) is 10.9. The highest BCUT2D eigenvalue weighted by Gasteiger charge is 2.18. The lowest BCUT2D eigenvalue weighted by Crippen LogP contribution is -2.31. The maximum atomic E-state index is 12.2. The minimum Gasteiger partial charge on any atom is -0.486 e. The number of carbonyl (C=O) groups is 1. The molecule has 2 aromatic rings. The van der Waals surface area contributed by atoms with Crippen molar-refractivity contribution in [3.8, 4) is 11.5 Å². The number of nitrogens with one attached hydrogen (secondary N) is 1. The third kappa shape index (κ3) is 5.16. The van der Waals surface area contributed by atoms with E-state index in [9.17, 15) is 13.2 Å². The van der Waals surface area contributed by atoms with Crippen LogP contribution in [0.3, 0.4) is 0 Å². The molecular formula is C20H24N2O5S. The van der Waals surface area contributed by atoms with Crippen LogP contribution < -0.4 is 19.1 Å². The van der Waals surface area contributed by atoms with Crippen molar-refractivity contribution in [3.05, 3.63) is 48.0 Å². The molecule has 0 atom stereocenters. The molecule has 0 spiro atoms. The lowest BCUT2D eigenvalue weighted by atomic mass is 10.2. The Balaban J connectivity index is 1.56. The smallest absolute Gasteiger partial charge is 0.232 e. The summed E-state index contributed by atoms with van der Waals surface area (Å²) in [5, 5.41) is 2.81. The summed E-state index contributed by atoms with van der Waals surface area (Å²) in [5.41, 5.74) is 2.27. The van der Waals surface area contributed by atoms with E-state index >= 15 is 0 Å². The minimum absolute atomic E-state index is 0.186. The van der Waals surface area contributed by atoms with Crippen molar-refractivity contribution in [2.45, 2.75) is 19.8 Å². The van der Waals surface area contributed by atoms with E-state index < -0.39 is 10.0 Å². The van der Waals surface area contributed by atoms with Crippen LogP contribution in [0.4, 0.5) is 11.4 Å². The quantitative estimate of drug-likeness (QED) is 0.767. The van der Waals surface area contributed by atoms with Gasteiger partial charge in [0.15, 0.2) is 11.5 Å². The monoisotopic (exact) mass is 404 g/mol. The Morgan fingerprint density at radius 3 is 2.43 bits per heavy atom. The van der Waals surface area contributed by atoms with E-state index in [-0.39, 0.29) is 18.9 Å². The molecule has 8 heteroatoms. The summed E-state index contributed by atoms with van der Waals surface area (Å²) >= 11 is 0. The number of benzene rings is 2. The molecule has 1 amide bonds. The largest absolute Gasteiger partial charge is 0.486 e. The Morgan fingerprint density at radius 1 is 1.07 bits per heavy atom. The van der Waals surface area contributed by atoms with Crippen molar-refractivity contribution < 1.29 is 22.7 Å². The normalized spacial score (nSPS) is 13.1. The molecule has 1 heterocycles. The van der Waals surface area contributed by atoms with Gasteiger partial charge in [0.25, 0.3) is 0 Å². The summed E-state index contributed by atoms with van der Waals surface area (Å²) < 4.78 is 36.5. The van der Waals surface area contributed by atoms with Gasteiger partial charge < -0.3 is 14.8 Å². The number of anilines is 2. The Bertz CT molecular complexity index is 942. The lowest BCUT2D eigenvalue weighted by Gasteiger charge is -2.22. The van der Waals surface area contributed by atoms with E-state index in [0.29, 0.717) is 42.5 Å². The van der Waals surface area contributed by atoms with Gasteiger partial charge >= 0.3 is 0 Å². The van der Waals surface area contributed by atoms with E-state index in [1.54, 1.807) is 30.3 Å². The average Bonchev–Trinajstić information content (AvgIpc) is 2.65. The standard InChI is InChI=1S/C20H24N2O5S/c1-15-5-8-17(9-6-15)22(28(2,24)25)11-3-4-20(23)21-16-7-10-18-19(14-16)27-13-12-26-18/h5-10,14H,3-4,11-13H2,1-2H3,(H,21,23). The number of hydrogen-bond acceptors (Lipinski definition) is 5. The molecule has 1 N–H and O–H groups in total. The third-order valence-electron chi connectivity index (χ3n) is 4.31. The number of hydrogen-bond donors (Lipinski definition) is 1. The van der Waals surface area contributed by atoms with E-state index in [0.717, 1.165) is 5.56 Å². The van der Waals surface area contributed by atoms with Gasteiger partial charge in [-0.2, -0.15) is 0 Å². The van der Waals surface area contributed by atoms with Gasteiger partial charge in [0.05, 0.1) is 11.9 Å². The predicted octanol–water partition coefficient (Wildman–Crippen LogP) is 2.95. The third-order valence-corrected chi connectivity index (χ3v) is 5.51. The van der Waals surface area contributed by atoms with Gasteiger partial charge in [0.1, 0.15) is 13.2 Å². The van der Waals surface area contributed by atoms with E-state index in [1.165, 1.54) is 10.6 Å². The molecule has 150 valence electrons. The van der Waals surface area contributed by atoms with Crippen molar-refractivity contribution in [2.75, 3.05) is 35.6 Å². The van der Waals surface area contributed by atoms with E-state index in [4.69, 9.17) is 9.47 Å². The second-order valence-corrected chi connectivity index (χ2v) is 8.59. The van der Waals surface area contributed by atoms with Crippen molar-refractivity contribution in [2.24, 2.45) is 0 Å². The van der Waals surface area contributed by atoms with Gasteiger partial charge in [-0.05, 0) is 37.6 Å². The predicted molar refractivity (Wildman–Crippen MR) is 109 cm³/mol. The van der Waals surface area contributed by atoms with Crippen molar-refractivity contribution in [1.82, 2.24) is 0 Å². The summed E-state index contributed by atoms with van der Waals surface area (Å²) in [6.45, 7) is 3.16. The molecule has 2 aromatic carbocycles. The topological polar surface area (TPSA) is 84.9 Å². The molecule has 0 unspecified atom stereocenters. The second-order valence-electron chi connectivity index (χ2n) is 6.68. The first-order valence-electron chi connectivity index (χ1n) is 9.07. The first kappa shape index (κ1) is 20.0. The Hall–Kier alpha value is -2.74. The van der Waals surface area contributed by atoms with E-state index in [1.807, 2.05) is 19.1 Å². The zero-order chi connectivity index (χ0) is 20.1. The Morgan fingerprint density at radius 2 is 1.75 bits per heavy atom. The highest BCUT2D eigenvalue weighted by molar-refractivity contribution is 7.92. The summed E-state index contributed by atoms with van der Waals surface area (Å²) in [4.78, 5) is 12.2. The zero-order valence-corrected chi connectivity index (χ0v) is 16.8. The highest BCUT2D eigenvalue weighted by atomic mass is 32.2. The van der Waals surface area contributed by atoms with Crippen molar-refractivity contribution in [3.63, 3.8) is 0 Å². The number of aryl methyl sites for hydroxylation is 1. The number of ether oxygens (including phenoxy) is 2. The highest BCUT2D eigenvalue weighted by Crippen LogP contribution is 2.32. The molecule has 0 fully saturated rings. The fourth-order valence-corrected chi connectivity index (χ4v) is 3.89. The van der Waals surface area contributed by atoms with Crippen LogP contribution in [0.1, 0.15) is 18.4 Å². The van der Waals surface area contributed by atoms with Crippen molar-refractivity contribution >= 4 is 27.3 Å². The number of rotatable bonds is 7. The Kier molecular flexibility index (Phi) is 6.08. The zero-order valence-electron chi connectivity index (χ0n) is 16.0. The van der Waals surface area contributed by atoms with Crippen LogP contribution in [0.15, 0.2) is 42.5 Å². The summed E-state index contributed by atoms with van der Waals surface area (Å²) in [7, 11) is -3.43. The first-order chi connectivity index (χ1) is 13.3. The molecule has 0 saturated heterocycles. The molecule has 7 nitrogen and oxygen atoms in total. The van der Waals surface area contributed by atoms with Crippen LogP contribution in [0.25, 0.3) is 0 Å². The van der Waals surface area contributed by atoms with E-state index in [2.05, 4.69) is 5.32 Å². The number of fused-ring (bicyclic) bond motifs is 1. The molecule has 0 saturated carbocycles. The van der Waals surface area contributed by atoms with Gasteiger partial charge in [0, 0.05) is 24.7 Å². The number of carbonyl (C=O) groups excluding carboxylic acids is 1. The van der Waals surface area contributed by atoms with Gasteiger partial charge in [-0.25, -0.2) is 8.42 Å². The fourth-order valence-electron chi connectivity index (χ4n) is 2.93. The molecule has 0 aliphatic carbocycles. The van der Waals surface area contributed by atoms with Crippen LogP contribution in [0, 0.1) is 6.92 Å². The van der Waals surface area contributed by atoms with Crippen molar-refractivity contribution in [1.29, 1.82) is 0 Å². The van der Waals surface area contributed by atoms with Crippen LogP contribution >= 0.6 is 0 Å². The molecule has 1 aliphatic heterocycles. The fraction of sp³-hybridized carbons (Fsp3) is 0.350. The summed E-state index contributed by atoms with van der Waals surface area (Å²) in [6.07, 6.45) is 1.77. The van der Waals surface area contributed by atoms with Crippen LogP contribution in [0.5, 0.6) is 11.5 Å². The SMILES string of the molecule is Cc1ccc(N(CCCC(=O)Nc2ccc3c(c2)OCCO3)S(C)(=O)=O)cc1. The van der Waals surface area contributed by atoms with Gasteiger partial charge in [-0.1, -0.05) is 17.7 Å². The molecule has 0 radical (unpaired) electrons. The second kappa shape index (κ2) is 8.52. The van der Waals surface area contributed by atoms with Gasteiger partial charge in [-0.15, -0.1) is 0 Å². The average molecular weight is 404 g/mol. The summed E-state index contributed by atoms with van der Waals surface area (Å²) in [5.74, 6) is 1.08. The molecular weight excluding hydrogens is 380 g/mol. The molecule has 0 bridgehead atoms. The van der Waals surface area contributed by atoms with Gasteiger partial charge in [-0.3, -0.25) is 9.10 Å². The van der Waals surface area contributed by atoms with Crippen LogP contribution in [-0.4, -0.2) is 40.3 Å².